The second-order valence-electron chi connectivity index (χ2n) is 4.79. The molecule has 26 heavy (non-hydrogen) atoms. The second-order valence-corrected chi connectivity index (χ2v) is 4.79. The number of phenols is 2. The molecule has 2 rings (SSSR count). The summed E-state index contributed by atoms with van der Waals surface area (Å²) in [6.07, 6.45) is 0.0635. The molecule has 0 spiro atoms. The Hall–Kier alpha value is -3.32. The molecule has 0 aliphatic rings. The van der Waals surface area contributed by atoms with Crippen molar-refractivity contribution >= 4 is 11.9 Å². The number of aliphatic hydroxyl groups excluding tert-OH is 1. The zero-order valence-electron chi connectivity index (χ0n) is 14.3. The van der Waals surface area contributed by atoms with Crippen LogP contribution in [-0.4, -0.2) is 38.7 Å². The topological polar surface area (TPSA) is 124 Å². The van der Waals surface area contributed by atoms with Crippen molar-refractivity contribution in [3.63, 3.8) is 0 Å². The van der Waals surface area contributed by atoms with Crippen molar-refractivity contribution in [3.8, 4) is 11.5 Å². The van der Waals surface area contributed by atoms with Crippen LogP contribution < -0.4 is 0 Å². The maximum Gasteiger partial charge on any atom is 0.332 e. The third-order valence-corrected chi connectivity index (χ3v) is 2.53. The number of carboxylic acid groups (broad SMARTS) is 1. The lowest BCUT2D eigenvalue weighted by molar-refractivity contribution is -0.158. The molecule has 0 aromatic heterocycles. The van der Waals surface area contributed by atoms with Crippen molar-refractivity contribution in [2.75, 3.05) is 0 Å². The number of ether oxygens (including phenoxy) is 1. The highest BCUT2D eigenvalue weighted by atomic mass is 16.6. The van der Waals surface area contributed by atoms with E-state index in [1.807, 2.05) is 18.2 Å². The number of para-hydroxylation sites is 2. The highest BCUT2D eigenvalue weighted by Gasteiger charge is 1.98. The van der Waals surface area contributed by atoms with Crippen molar-refractivity contribution in [2.24, 2.45) is 0 Å². The molecule has 0 heterocycles. The SMILES string of the molecule is C=CC(=O)OC(C)O.O=C(O)Cc1ccccc1.Oc1ccccc1O. The van der Waals surface area contributed by atoms with Crippen LogP contribution in [0.15, 0.2) is 67.3 Å². The molecular formula is C19H22O7. The fourth-order valence-corrected chi connectivity index (χ4v) is 1.45. The highest BCUT2D eigenvalue weighted by Crippen LogP contribution is 2.21. The Bertz CT molecular complexity index is 660. The van der Waals surface area contributed by atoms with E-state index >= 15 is 0 Å². The summed E-state index contributed by atoms with van der Waals surface area (Å²) in [6.45, 7) is 4.48. The number of esters is 1. The summed E-state index contributed by atoms with van der Waals surface area (Å²) in [5.74, 6) is -1.55. The van der Waals surface area contributed by atoms with E-state index in [2.05, 4.69) is 11.3 Å². The summed E-state index contributed by atoms with van der Waals surface area (Å²) in [7, 11) is 0. The van der Waals surface area contributed by atoms with Crippen LogP contribution in [0.25, 0.3) is 0 Å². The highest BCUT2D eigenvalue weighted by molar-refractivity contribution is 5.81. The molecule has 0 aliphatic heterocycles. The van der Waals surface area contributed by atoms with Gasteiger partial charge in [-0.05, 0) is 24.6 Å². The Morgan fingerprint density at radius 1 is 1.04 bits per heavy atom. The van der Waals surface area contributed by atoms with Crippen molar-refractivity contribution in [1.82, 2.24) is 0 Å². The van der Waals surface area contributed by atoms with Gasteiger partial charge in [-0.15, -0.1) is 0 Å². The lowest BCUT2D eigenvalue weighted by Crippen LogP contribution is -2.10. The number of aliphatic carboxylic acids is 1. The van der Waals surface area contributed by atoms with Crippen LogP contribution in [0.4, 0.5) is 0 Å². The second kappa shape index (κ2) is 13.0. The number of aromatic hydroxyl groups is 2. The predicted octanol–water partition coefficient (Wildman–Crippen LogP) is 2.47. The number of benzene rings is 2. The third kappa shape index (κ3) is 12.1. The number of carbonyl (C=O) groups is 2. The third-order valence-electron chi connectivity index (χ3n) is 2.53. The van der Waals surface area contributed by atoms with Crippen LogP contribution in [0.3, 0.4) is 0 Å². The van der Waals surface area contributed by atoms with Crippen LogP contribution in [0.1, 0.15) is 12.5 Å². The normalized spacial score (nSPS) is 10.1. The molecular weight excluding hydrogens is 340 g/mol. The van der Waals surface area contributed by atoms with Crippen LogP contribution in [-0.2, 0) is 20.7 Å². The number of phenolic OH excluding ortho intramolecular Hbond substituents is 2. The summed E-state index contributed by atoms with van der Waals surface area (Å²) < 4.78 is 4.20. The Morgan fingerprint density at radius 3 is 1.81 bits per heavy atom. The number of carboxylic acids is 1. The van der Waals surface area contributed by atoms with Gasteiger partial charge in [-0.2, -0.15) is 0 Å². The molecule has 0 amide bonds. The molecule has 7 heteroatoms. The van der Waals surface area contributed by atoms with Crippen molar-refractivity contribution < 1.29 is 34.8 Å². The lowest BCUT2D eigenvalue weighted by Gasteiger charge is -2.01. The van der Waals surface area contributed by atoms with Crippen LogP contribution in [0.5, 0.6) is 11.5 Å². The summed E-state index contributed by atoms with van der Waals surface area (Å²) >= 11 is 0. The fourth-order valence-electron chi connectivity index (χ4n) is 1.45. The minimum Gasteiger partial charge on any atom is -0.504 e. The number of carbonyl (C=O) groups excluding carboxylic acids is 1. The molecule has 2 aromatic rings. The summed E-state index contributed by atoms with van der Waals surface area (Å²) in [5.41, 5.74) is 0.843. The number of hydrogen-bond donors (Lipinski definition) is 4. The maximum absolute atomic E-state index is 10.2. The van der Waals surface area contributed by atoms with E-state index < -0.39 is 18.2 Å². The van der Waals surface area contributed by atoms with Gasteiger partial charge in [-0.3, -0.25) is 4.79 Å². The first kappa shape index (κ1) is 22.7. The average Bonchev–Trinajstić information content (AvgIpc) is 2.58. The first-order valence-electron chi connectivity index (χ1n) is 7.50. The van der Waals surface area contributed by atoms with Gasteiger partial charge >= 0.3 is 11.9 Å². The van der Waals surface area contributed by atoms with Crippen molar-refractivity contribution in [3.05, 3.63) is 72.8 Å². The van der Waals surface area contributed by atoms with Gasteiger partial charge in [0.1, 0.15) is 0 Å². The molecule has 0 saturated heterocycles. The van der Waals surface area contributed by atoms with Crippen molar-refractivity contribution in [2.45, 2.75) is 19.6 Å². The zero-order valence-corrected chi connectivity index (χ0v) is 14.3. The van der Waals surface area contributed by atoms with E-state index in [9.17, 15) is 9.59 Å². The molecule has 0 radical (unpaired) electrons. The molecule has 0 aliphatic carbocycles. The van der Waals surface area contributed by atoms with Gasteiger partial charge in [0.15, 0.2) is 17.8 Å². The molecule has 0 fully saturated rings. The van der Waals surface area contributed by atoms with E-state index in [0.29, 0.717) is 0 Å². The van der Waals surface area contributed by atoms with E-state index in [4.69, 9.17) is 20.4 Å². The quantitative estimate of drug-likeness (QED) is 0.285. The van der Waals surface area contributed by atoms with E-state index in [-0.39, 0.29) is 17.9 Å². The minimum atomic E-state index is -1.04. The molecule has 2 aromatic carbocycles. The summed E-state index contributed by atoms with van der Waals surface area (Å²) in [6, 6.07) is 15.3. The van der Waals surface area contributed by atoms with E-state index in [1.165, 1.54) is 19.1 Å². The molecule has 7 nitrogen and oxygen atoms in total. The van der Waals surface area contributed by atoms with Gasteiger partial charge in [0.05, 0.1) is 6.42 Å². The smallest absolute Gasteiger partial charge is 0.332 e. The van der Waals surface area contributed by atoms with E-state index in [1.54, 1.807) is 24.3 Å². The maximum atomic E-state index is 10.2. The largest absolute Gasteiger partial charge is 0.504 e. The Balaban J connectivity index is 0.000000365. The van der Waals surface area contributed by atoms with Crippen molar-refractivity contribution in [1.29, 1.82) is 0 Å². The first-order chi connectivity index (χ1) is 12.3. The molecule has 0 bridgehead atoms. The Labute approximate surface area is 151 Å². The van der Waals surface area contributed by atoms with Crippen LogP contribution in [0, 0.1) is 0 Å². The Kier molecular flexibility index (Phi) is 11.4. The fraction of sp³-hybridized carbons (Fsp3) is 0.158. The molecule has 140 valence electrons. The molecule has 1 unspecified atom stereocenters. The van der Waals surface area contributed by atoms with E-state index in [0.717, 1.165) is 11.6 Å². The standard InChI is InChI=1S/C8H8O2.C6H6O2.C5H8O3/c9-8(10)6-7-4-2-1-3-5-7;7-5-3-1-2-4-6(5)8;1-3-5(7)8-4(2)6/h1-5H,6H2,(H,9,10);1-4,7-8H;3-4,6H,1H2,2H3. The van der Waals surface area contributed by atoms with Gasteiger partial charge in [0.2, 0.25) is 0 Å². The van der Waals surface area contributed by atoms with Gasteiger partial charge < -0.3 is 25.2 Å². The molecule has 1 atom stereocenters. The number of hydrogen-bond acceptors (Lipinski definition) is 6. The Morgan fingerprint density at radius 2 is 1.50 bits per heavy atom. The number of rotatable bonds is 4. The van der Waals surface area contributed by atoms with Crippen LogP contribution >= 0.6 is 0 Å². The minimum absolute atomic E-state index is 0.0764. The van der Waals surface area contributed by atoms with Gasteiger partial charge in [-0.1, -0.05) is 49.0 Å². The zero-order chi connectivity index (χ0) is 19.9. The predicted molar refractivity (Wildman–Crippen MR) is 95.5 cm³/mol. The van der Waals surface area contributed by atoms with Crippen LogP contribution in [0.2, 0.25) is 0 Å². The van der Waals surface area contributed by atoms with Gasteiger partial charge in [0.25, 0.3) is 0 Å². The number of aliphatic hydroxyl groups is 1. The lowest BCUT2D eigenvalue weighted by atomic mass is 10.2. The monoisotopic (exact) mass is 362 g/mol. The summed E-state index contributed by atoms with van der Waals surface area (Å²) in [4.78, 5) is 20.3. The average molecular weight is 362 g/mol. The van der Waals surface area contributed by atoms with Gasteiger partial charge in [0, 0.05) is 6.08 Å². The first-order valence-corrected chi connectivity index (χ1v) is 7.50. The molecule has 0 saturated carbocycles. The van der Waals surface area contributed by atoms with Gasteiger partial charge in [-0.25, -0.2) is 4.79 Å². The summed E-state index contributed by atoms with van der Waals surface area (Å²) in [5, 5.41) is 34.1. The molecule has 4 N–H and O–H groups in total.